The Balaban J connectivity index is 1.47. The smallest absolute Gasteiger partial charge is 0.397 e. The van der Waals surface area contributed by atoms with Crippen LogP contribution < -0.4 is 10.6 Å². The molecule has 0 aliphatic heterocycles. The fourth-order valence-electron chi connectivity index (χ4n) is 6.88. The van der Waals surface area contributed by atoms with Crippen LogP contribution in [0.15, 0.2) is 48.5 Å². The van der Waals surface area contributed by atoms with Crippen molar-refractivity contribution in [3.63, 3.8) is 0 Å². The second kappa shape index (κ2) is 14.9. The van der Waals surface area contributed by atoms with Crippen LogP contribution in [0, 0.1) is 35.5 Å². The van der Waals surface area contributed by atoms with E-state index in [0.717, 1.165) is 38.5 Å². The van der Waals surface area contributed by atoms with Gasteiger partial charge in [-0.3, -0.25) is 9.59 Å². The average Bonchev–Trinajstić information content (AvgIpc) is 2.97. The summed E-state index contributed by atoms with van der Waals surface area (Å²) in [7, 11) is 0. The van der Waals surface area contributed by atoms with Crippen molar-refractivity contribution in [2.45, 2.75) is 92.3 Å². The van der Waals surface area contributed by atoms with Gasteiger partial charge in [0.1, 0.15) is 12.2 Å². The average molecular weight is 605 g/mol. The second-order valence-electron chi connectivity index (χ2n) is 13.5. The van der Waals surface area contributed by atoms with Crippen LogP contribution in [0.5, 0.6) is 0 Å². The lowest BCUT2D eigenvalue weighted by Crippen LogP contribution is -2.38. The number of rotatable bonds is 7. The SMILES string of the molecule is CC(C)[C@@H]1CC[C@@H](C)C[C@H]1OC(=O)C(=O)Nc1ccccc1-c1ccccc1NC(=O)C(=O)O[C@@H]1C[C@H](C)CC[C@H]1C(C)C. The van der Waals surface area contributed by atoms with E-state index in [2.05, 4.69) is 52.2 Å². The molecule has 2 N–H and O–H groups in total. The predicted octanol–water partition coefficient (Wildman–Crippen LogP) is 7.24. The van der Waals surface area contributed by atoms with Crippen molar-refractivity contribution in [1.82, 2.24) is 0 Å². The molecule has 0 bridgehead atoms. The number of anilines is 2. The van der Waals surface area contributed by atoms with Crippen LogP contribution in [0.2, 0.25) is 0 Å². The molecule has 6 atom stereocenters. The zero-order chi connectivity index (χ0) is 32.0. The molecule has 8 nitrogen and oxygen atoms in total. The predicted molar refractivity (Wildman–Crippen MR) is 172 cm³/mol. The third kappa shape index (κ3) is 8.27. The maximum atomic E-state index is 13.0. The monoisotopic (exact) mass is 604 g/mol. The number of para-hydroxylation sites is 2. The third-order valence-corrected chi connectivity index (χ3v) is 9.45. The Morgan fingerprint density at radius 1 is 0.614 bits per heavy atom. The van der Waals surface area contributed by atoms with E-state index in [9.17, 15) is 19.2 Å². The van der Waals surface area contributed by atoms with Gasteiger partial charge in [0.15, 0.2) is 0 Å². The van der Waals surface area contributed by atoms with Crippen molar-refractivity contribution in [2.75, 3.05) is 10.6 Å². The number of benzene rings is 2. The van der Waals surface area contributed by atoms with Crippen molar-refractivity contribution in [1.29, 1.82) is 0 Å². The van der Waals surface area contributed by atoms with Crippen molar-refractivity contribution in [3.05, 3.63) is 48.5 Å². The normalized spacial score (nSPS) is 25.3. The van der Waals surface area contributed by atoms with Gasteiger partial charge < -0.3 is 20.1 Å². The summed E-state index contributed by atoms with van der Waals surface area (Å²) in [5.41, 5.74) is 1.91. The van der Waals surface area contributed by atoms with E-state index in [1.807, 2.05) is 0 Å². The molecule has 0 radical (unpaired) electrons. The lowest BCUT2D eigenvalue weighted by molar-refractivity contribution is -0.162. The Morgan fingerprint density at radius 2 is 0.977 bits per heavy atom. The summed E-state index contributed by atoms with van der Waals surface area (Å²) in [6.45, 7) is 12.8. The number of hydrogen-bond donors (Lipinski definition) is 2. The molecule has 0 unspecified atom stereocenters. The van der Waals surface area contributed by atoms with Gasteiger partial charge in [-0.1, -0.05) is 90.8 Å². The van der Waals surface area contributed by atoms with Crippen LogP contribution in [0.1, 0.15) is 80.1 Å². The van der Waals surface area contributed by atoms with Crippen molar-refractivity contribution in [2.24, 2.45) is 35.5 Å². The molecule has 2 amide bonds. The third-order valence-electron chi connectivity index (χ3n) is 9.45. The Morgan fingerprint density at radius 3 is 1.34 bits per heavy atom. The van der Waals surface area contributed by atoms with Crippen LogP contribution in [-0.2, 0) is 28.7 Å². The van der Waals surface area contributed by atoms with Gasteiger partial charge in [0.25, 0.3) is 0 Å². The lowest BCUT2D eigenvalue weighted by atomic mass is 9.75. The van der Waals surface area contributed by atoms with Gasteiger partial charge >= 0.3 is 23.8 Å². The van der Waals surface area contributed by atoms with Crippen molar-refractivity contribution in [3.8, 4) is 11.1 Å². The van der Waals surface area contributed by atoms with Crippen LogP contribution >= 0.6 is 0 Å². The van der Waals surface area contributed by atoms with E-state index in [-0.39, 0.29) is 24.0 Å². The highest BCUT2D eigenvalue weighted by atomic mass is 16.6. The highest BCUT2D eigenvalue weighted by Crippen LogP contribution is 2.37. The van der Waals surface area contributed by atoms with E-state index in [4.69, 9.17) is 9.47 Å². The standard InChI is InChI=1S/C36H48N2O6/c1-21(2)25-17-15-23(5)19-31(25)43-35(41)33(39)37-29-13-9-7-11-27(29)28-12-8-10-14-30(28)38-34(40)36(42)44-32-20-24(6)16-18-26(32)22(3)4/h7-14,21-26,31-32H,15-20H2,1-6H3,(H,37,39)(H,38,40)/t23-,24-,25+,26+,31-,32-/m1/s1. The molecular formula is C36H48N2O6. The second-order valence-corrected chi connectivity index (χ2v) is 13.5. The molecule has 238 valence electrons. The molecule has 0 spiro atoms. The van der Waals surface area contributed by atoms with Gasteiger partial charge in [-0.15, -0.1) is 0 Å². The molecule has 2 saturated carbocycles. The number of carbonyl (C=O) groups excluding carboxylic acids is 4. The van der Waals surface area contributed by atoms with E-state index in [1.165, 1.54) is 0 Å². The number of amides is 2. The number of ether oxygens (including phenoxy) is 2. The van der Waals surface area contributed by atoms with Crippen LogP contribution in [0.4, 0.5) is 11.4 Å². The van der Waals surface area contributed by atoms with Gasteiger partial charge in [-0.2, -0.15) is 0 Å². The van der Waals surface area contributed by atoms with Gasteiger partial charge in [0.05, 0.1) is 0 Å². The van der Waals surface area contributed by atoms with Gasteiger partial charge in [0.2, 0.25) is 0 Å². The summed E-state index contributed by atoms with van der Waals surface area (Å²) in [5.74, 6) is -1.56. The molecule has 4 rings (SSSR count). The zero-order valence-corrected chi connectivity index (χ0v) is 26.9. The lowest BCUT2D eigenvalue weighted by Gasteiger charge is -2.36. The molecule has 0 aromatic heterocycles. The van der Waals surface area contributed by atoms with Crippen molar-refractivity contribution >= 4 is 35.1 Å². The number of nitrogens with one attached hydrogen (secondary N) is 2. The highest BCUT2D eigenvalue weighted by Gasteiger charge is 2.36. The largest absolute Gasteiger partial charge is 0.455 e. The summed E-state index contributed by atoms with van der Waals surface area (Å²) in [6, 6.07) is 14.0. The molecule has 2 fully saturated rings. The maximum absolute atomic E-state index is 13.0. The Labute approximate surface area is 261 Å². The minimum atomic E-state index is -0.911. The van der Waals surface area contributed by atoms with Gasteiger partial charge in [-0.05, 0) is 73.3 Å². The quantitative estimate of drug-likeness (QED) is 0.255. The highest BCUT2D eigenvalue weighted by molar-refractivity contribution is 6.38. The van der Waals surface area contributed by atoms with Gasteiger partial charge in [0, 0.05) is 22.5 Å². The molecule has 2 aliphatic rings. The number of hydrogen-bond acceptors (Lipinski definition) is 6. The Bertz CT molecular complexity index is 1240. The zero-order valence-electron chi connectivity index (χ0n) is 26.9. The fourth-order valence-corrected chi connectivity index (χ4v) is 6.88. The summed E-state index contributed by atoms with van der Waals surface area (Å²) in [5, 5.41) is 5.43. The van der Waals surface area contributed by atoms with E-state index in [0.29, 0.717) is 46.2 Å². The Kier molecular flexibility index (Phi) is 11.2. The Hall–Kier alpha value is -3.68. The molecule has 0 heterocycles. The van der Waals surface area contributed by atoms with E-state index < -0.39 is 23.8 Å². The molecule has 44 heavy (non-hydrogen) atoms. The molecule has 2 aromatic carbocycles. The van der Waals surface area contributed by atoms with E-state index >= 15 is 0 Å². The minimum Gasteiger partial charge on any atom is -0.455 e. The first-order chi connectivity index (χ1) is 20.9. The van der Waals surface area contributed by atoms with Gasteiger partial charge in [-0.25, -0.2) is 9.59 Å². The first-order valence-electron chi connectivity index (χ1n) is 16.2. The summed E-state index contributed by atoms with van der Waals surface area (Å²) in [4.78, 5) is 52.0. The van der Waals surface area contributed by atoms with Crippen molar-refractivity contribution < 1.29 is 28.7 Å². The summed E-state index contributed by atoms with van der Waals surface area (Å²) < 4.78 is 11.5. The van der Waals surface area contributed by atoms with Crippen LogP contribution in [0.25, 0.3) is 11.1 Å². The molecule has 2 aromatic rings. The number of esters is 2. The topological polar surface area (TPSA) is 111 Å². The van der Waals surface area contributed by atoms with Crippen LogP contribution in [0.3, 0.4) is 0 Å². The molecule has 8 heteroatoms. The first-order valence-corrected chi connectivity index (χ1v) is 16.2. The maximum Gasteiger partial charge on any atom is 0.397 e. The first kappa shape index (κ1) is 33.2. The fraction of sp³-hybridized carbons (Fsp3) is 0.556. The van der Waals surface area contributed by atoms with Crippen LogP contribution in [-0.4, -0.2) is 36.0 Å². The number of carbonyl (C=O) groups is 4. The summed E-state index contributed by atoms with van der Waals surface area (Å²) >= 11 is 0. The van der Waals surface area contributed by atoms with E-state index in [1.54, 1.807) is 48.5 Å². The summed E-state index contributed by atoms with van der Waals surface area (Å²) in [6.07, 6.45) is 5.00. The molecule has 2 aliphatic carbocycles. The minimum absolute atomic E-state index is 0.218. The molecule has 0 saturated heterocycles. The molecular weight excluding hydrogens is 556 g/mol.